The van der Waals surface area contributed by atoms with Crippen molar-refractivity contribution in [1.29, 1.82) is 0 Å². The highest BCUT2D eigenvalue weighted by atomic mass is 16.5. The van der Waals surface area contributed by atoms with E-state index in [0.717, 1.165) is 11.1 Å². The van der Waals surface area contributed by atoms with Crippen LogP contribution in [0.15, 0.2) is 72.8 Å². The molecule has 150 valence electrons. The third kappa shape index (κ3) is 4.54. The van der Waals surface area contributed by atoms with Crippen molar-refractivity contribution < 1.29 is 19.1 Å². The van der Waals surface area contributed by atoms with Crippen LogP contribution in [0.1, 0.15) is 31.1 Å². The summed E-state index contributed by atoms with van der Waals surface area (Å²) in [5, 5.41) is 2.57. The van der Waals surface area contributed by atoms with E-state index in [1.165, 1.54) is 11.8 Å². The molecule has 1 aliphatic rings. The van der Waals surface area contributed by atoms with Gasteiger partial charge in [0.2, 0.25) is 11.8 Å². The monoisotopic (exact) mass is 392 g/mol. The molecule has 1 saturated heterocycles. The van der Waals surface area contributed by atoms with E-state index in [9.17, 15) is 14.4 Å². The molecule has 1 N–H and O–H groups in total. The number of benzene rings is 2. The summed E-state index contributed by atoms with van der Waals surface area (Å²) in [4.78, 5) is 38.1. The second kappa shape index (κ2) is 8.73. The molecule has 2 unspecified atom stereocenters. The lowest BCUT2D eigenvalue weighted by Gasteiger charge is -2.43. The van der Waals surface area contributed by atoms with E-state index >= 15 is 0 Å². The second-order valence-electron chi connectivity index (χ2n) is 7.13. The lowest BCUT2D eigenvalue weighted by Crippen LogP contribution is -2.67. The number of nitrogens with zero attached hydrogens (tertiary/aromatic N) is 1. The van der Waals surface area contributed by atoms with Gasteiger partial charge in [-0.05, 0) is 23.6 Å². The molecule has 2 atom stereocenters. The van der Waals surface area contributed by atoms with Gasteiger partial charge < -0.3 is 15.0 Å². The quantitative estimate of drug-likeness (QED) is 0.446. The van der Waals surface area contributed by atoms with Crippen LogP contribution in [0.4, 0.5) is 0 Å². The molecule has 2 amide bonds. The Kier molecular flexibility index (Phi) is 6.12. The average molecular weight is 392 g/mol. The highest BCUT2D eigenvalue weighted by Crippen LogP contribution is 2.29. The predicted molar refractivity (Wildman–Crippen MR) is 109 cm³/mol. The molecule has 1 fully saturated rings. The Morgan fingerprint density at radius 2 is 1.55 bits per heavy atom. The summed E-state index contributed by atoms with van der Waals surface area (Å²) in [5.41, 5.74) is 2.17. The SMILES string of the molecule is C=C(C)C(C(=O)OC(c1ccccc1)c1ccccc1)N1CC(NC(C)=O)C1=O. The summed E-state index contributed by atoms with van der Waals surface area (Å²) in [6.07, 6.45) is -0.603. The van der Waals surface area contributed by atoms with Crippen molar-refractivity contribution >= 4 is 17.8 Å². The standard InChI is InChI=1S/C23H24N2O4/c1-15(2)20(25-14-19(22(25)27)24-16(3)26)23(28)29-21(17-10-6-4-7-11-17)18-12-8-5-9-13-18/h4-13,19-21H,1,14H2,2-3H3,(H,24,26). The number of β-lactam (4-membered cyclic amide) rings is 1. The van der Waals surface area contributed by atoms with Gasteiger partial charge in [-0.2, -0.15) is 0 Å². The first-order valence-electron chi connectivity index (χ1n) is 9.42. The zero-order chi connectivity index (χ0) is 21.0. The van der Waals surface area contributed by atoms with Crippen LogP contribution in [0.2, 0.25) is 0 Å². The number of likely N-dealkylation sites (tertiary alicyclic amines) is 1. The highest BCUT2D eigenvalue weighted by molar-refractivity contribution is 5.96. The molecule has 0 aliphatic carbocycles. The van der Waals surface area contributed by atoms with Crippen LogP contribution in [-0.2, 0) is 19.1 Å². The van der Waals surface area contributed by atoms with Crippen molar-refractivity contribution in [1.82, 2.24) is 10.2 Å². The number of hydrogen-bond donors (Lipinski definition) is 1. The first-order chi connectivity index (χ1) is 13.9. The topological polar surface area (TPSA) is 75.7 Å². The number of amides is 2. The summed E-state index contributed by atoms with van der Waals surface area (Å²) >= 11 is 0. The van der Waals surface area contributed by atoms with Crippen LogP contribution in [-0.4, -0.2) is 41.3 Å². The first-order valence-corrected chi connectivity index (χ1v) is 9.42. The van der Waals surface area contributed by atoms with Gasteiger partial charge in [-0.1, -0.05) is 67.2 Å². The van der Waals surface area contributed by atoms with Gasteiger partial charge in [-0.15, -0.1) is 0 Å². The molecular formula is C23H24N2O4. The van der Waals surface area contributed by atoms with Gasteiger partial charge in [-0.25, -0.2) is 4.79 Å². The largest absolute Gasteiger partial charge is 0.451 e. The maximum Gasteiger partial charge on any atom is 0.334 e. The lowest BCUT2D eigenvalue weighted by molar-refractivity contribution is -0.163. The fourth-order valence-electron chi connectivity index (χ4n) is 3.40. The average Bonchev–Trinajstić information content (AvgIpc) is 2.71. The van der Waals surface area contributed by atoms with E-state index in [-0.39, 0.29) is 18.4 Å². The van der Waals surface area contributed by atoms with Crippen LogP contribution >= 0.6 is 0 Å². The van der Waals surface area contributed by atoms with Crippen LogP contribution < -0.4 is 5.32 Å². The molecule has 0 bridgehead atoms. The minimum Gasteiger partial charge on any atom is -0.451 e. The molecular weight excluding hydrogens is 368 g/mol. The van der Waals surface area contributed by atoms with E-state index in [2.05, 4.69) is 11.9 Å². The van der Waals surface area contributed by atoms with Crippen molar-refractivity contribution in [3.05, 3.63) is 83.9 Å². The Morgan fingerprint density at radius 1 is 1.03 bits per heavy atom. The number of esters is 1. The molecule has 6 heteroatoms. The van der Waals surface area contributed by atoms with Gasteiger partial charge in [0.1, 0.15) is 6.04 Å². The molecule has 2 aromatic carbocycles. The number of carbonyl (C=O) groups is 3. The summed E-state index contributed by atoms with van der Waals surface area (Å²) < 4.78 is 5.89. The van der Waals surface area contributed by atoms with Crippen molar-refractivity contribution in [2.24, 2.45) is 0 Å². The highest BCUT2D eigenvalue weighted by Gasteiger charge is 2.45. The summed E-state index contributed by atoms with van der Waals surface area (Å²) in [5.74, 6) is -1.16. The molecule has 2 aromatic rings. The zero-order valence-corrected chi connectivity index (χ0v) is 16.5. The van der Waals surface area contributed by atoms with E-state index in [1.54, 1.807) is 6.92 Å². The zero-order valence-electron chi connectivity index (χ0n) is 16.5. The number of rotatable bonds is 7. The van der Waals surface area contributed by atoms with Crippen LogP contribution in [0.5, 0.6) is 0 Å². The second-order valence-corrected chi connectivity index (χ2v) is 7.13. The minimum absolute atomic E-state index is 0.242. The van der Waals surface area contributed by atoms with E-state index in [1.807, 2.05) is 60.7 Å². The Balaban J connectivity index is 1.81. The Morgan fingerprint density at radius 3 is 1.97 bits per heavy atom. The van der Waals surface area contributed by atoms with E-state index in [0.29, 0.717) is 5.57 Å². The summed E-state index contributed by atoms with van der Waals surface area (Å²) in [6.45, 7) is 7.15. The van der Waals surface area contributed by atoms with Gasteiger partial charge in [0.05, 0.1) is 6.54 Å². The fraction of sp³-hybridized carbons (Fsp3) is 0.261. The lowest BCUT2D eigenvalue weighted by atomic mass is 9.98. The molecule has 0 aromatic heterocycles. The number of hydrogen-bond acceptors (Lipinski definition) is 4. The number of nitrogens with one attached hydrogen (secondary N) is 1. The van der Waals surface area contributed by atoms with Crippen molar-refractivity contribution in [3.63, 3.8) is 0 Å². The van der Waals surface area contributed by atoms with Crippen molar-refractivity contribution in [3.8, 4) is 0 Å². The minimum atomic E-state index is -0.901. The molecule has 0 radical (unpaired) electrons. The molecule has 0 spiro atoms. The molecule has 1 aliphatic heterocycles. The predicted octanol–water partition coefficient (Wildman–Crippen LogP) is 2.61. The smallest absolute Gasteiger partial charge is 0.334 e. The van der Waals surface area contributed by atoms with E-state index < -0.39 is 24.2 Å². The number of ether oxygens (including phenoxy) is 1. The third-order valence-electron chi connectivity index (χ3n) is 4.78. The van der Waals surface area contributed by atoms with Crippen LogP contribution in [0.25, 0.3) is 0 Å². The molecule has 29 heavy (non-hydrogen) atoms. The molecule has 3 rings (SSSR count). The Labute approximate surface area is 170 Å². The van der Waals surface area contributed by atoms with Crippen molar-refractivity contribution in [2.75, 3.05) is 6.54 Å². The van der Waals surface area contributed by atoms with E-state index in [4.69, 9.17) is 4.74 Å². The van der Waals surface area contributed by atoms with Crippen LogP contribution in [0.3, 0.4) is 0 Å². The normalized spacial score (nSPS) is 16.7. The summed E-state index contributed by atoms with van der Waals surface area (Å²) in [6, 6.07) is 17.4. The Bertz CT molecular complexity index is 871. The fourth-order valence-corrected chi connectivity index (χ4v) is 3.40. The van der Waals surface area contributed by atoms with Crippen molar-refractivity contribution in [2.45, 2.75) is 32.0 Å². The van der Waals surface area contributed by atoms with Gasteiger partial charge in [-0.3, -0.25) is 9.59 Å². The summed E-state index contributed by atoms with van der Waals surface area (Å²) in [7, 11) is 0. The van der Waals surface area contributed by atoms with Gasteiger partial charge in [0, 0.05) is 6.92 Å². The first kappa shape index (κ1) is 20.3. The third-order valence-corrected chi connectivity index (χ3v) is 4.78. The van der Waals surface area contributed by atoms with Gasteiger partial charge in [0.15, 0.2) is 12.1 Å². The maximum absolute atomic E-state index is 13.1. The van der Waals surface area contributed by atoms with Crippen LogP contribution in [0, 0.1) is 0 Å². The number of carbonyl (C=O) groups excluding carboxylic acids is 3. The molecule has 1 heterocycles. The Hall–Kier alpha value is -3.41. The van der Waals surface area contributed by atoms with Gasteiger partial charge >= 0.3 is 5.97 Å². The molecule has 0 saturated carbocycles. The molecule has 6 nitrogen and oxygen atoms in total. The van der Waals surface area contributed by atoms with Gasteiger partial charge in [0.25, 0.3) is 0 Å². The maximum atomic E-state index is 13.1.